The molecule has 1 aromatic heterocycles. The smallest absolute Gasteiger partial charge is 0.251 e. The molecule has 0 aliphatic heterocycles. The molecule has 0 unspecified atom stereocenters. The van der Waals surface area contributed by atoms with Crippen molar-refractivity contribution >= 4 is 33.2 Å². The molecule has 1 aliphatic rings. The van der Waals surface area contributed by atoms with E-state index >= 15 is 0 Å². The third-order valence-electron chi connectivity index (χ3n) is 3.12. The van der Waals surface area contributed by atoms with E-state index < -0.39 is 0 Å². The van der Waals surface area contributed by atoms with Crippen LogP contribution in [0.1, 0.15) is 46.3 Å². The third kappa shape index (κ3) is 2.51. The summed E-state index contributed by atoms with van der Waals surface area (Å²) < 4.78 is 0.889. The van der Waals surface area contributed by atoms with Gasteiger partial charge >= 0.3 is 0 Å². The summed E-state index contributed by atoms with van der Waals surface area (Å²) in [5.74, 6) is 0.00588. The normalized spacial score (nSPS) is 14.6. The van der Waals surface area contributed by atoms with Crippen molar-refractivity contribution in [2.24, 2.45) is 0 Å². The molecule has 1 heterocycles. The summed E-state index contributed by atoms with van der Waals surface area (Å²) in [5, 5.41) is 3.48. The van der Waals surface area contributed by atoms with Crippen LogP contribution in [0.5, 0.6) is 0 Å². The van der Waals surface area contributed by atoms with Gasteiger partial charge in [-0.25, -0.2) is 4.98 Å². The highest BCUT2D eigenvalue weighted by Gasteiger charge is 2.24. The van der Waals surface area contributed by atoms with Crippen LogP contribution in [0.4, 0.5) is 0 Å². The first-order valence-electron chi connectivity index (χ1n) is 6.42. The van der Waals surface area contributed by atoms with Gasteiger partial charge in [0.25, 0.3) is 5.91 Å². The summed E-state index contributed by atoms with van der Waals surface area (Å²) in [7, 11) is 0. The van der Waals surface area contributed by atoms with E-state index in [-0.39, 0.29) is 11.7 Å². The van der Waals surface area contributed by atoms with Crippen LogP contribution in [0, 0.1) is 0 Å². The molecule has 4 nitrogen and oxygen atoms in total. The van der Waals surface area contributed by atoms with Gasteiger partial charge in [-0.15, -0.1) is 11.3 Å². The Morgan fingerprint density at radius 1 is 1.42 bits per heavy atom. The number of carbonyl (C=O) groups excluding carboxylic acids is 2. The Morgan fingerprint density at radius 2 is 2.21 bits per heavy atom. The van der Waals surface area contributed by atoms with Crippen molar-refractivity contribution in [2.75, 3.05) is 0 Å². The molecule has 2 aromatic rings. The van der Waals surface area contributed by atoms with Gasteiger partial charge in [-0.05, 0) is 31.0 Å². The minimum Gasteiger partial charge on any atom is -0.349 e. The molecule has 19 heavy (non-hydrogen) atoms. The molecule has 98 valence electrons. The molecule has 1 fully saturated rings. The average Bonchev–Trinajstić information content (AvgIpc) is 3.12. The second-order valence-electron chi connectivity index (χ2n) is 4.73. The highest BCUT2D eigenvalue weighted by molar-refractivity contribution is 7.20. The summed E-state index contributed by atoms with van der Waals surface area (Å²) in [6.07, 6.45) is 2.60. The molecule has 1 aliphatic carbocycles. The lowest BCUT2D eigenvalue weighted by molar-refractivity contribution is 0.0949. The number of hydrogen-bond donors (Lipinski definition) is 1. The highest BCUT2D eigenvalue weighted by atomic mass is 32.1. The molecule has 1 saturated carbocycles. The van der Waals surface area contributed by atoms with Gasteiger partial charge in [-0.1, -0.05) is 6.92 Å². The van der Waals surface area contributed by atoms with Gasteiger partial charge in [0, 0.05) is 18.0 Å². The zero-order chi connectivity index (χ0) is 13.4. The minimum atomic E-state index is -0.0406. The molecular formula is C14H14N2O2S. The molecule has 0 radical (unpaired) electrons. The lowest BCUT2D eigenvalue weighted by atomic mass is 10.2. The van der Waals surface area contributed by atoms with Crippen molar-refractivity contribution in [3.63, 3.8) is 0 Å². The van der Waals surface area contributed by atoms with Gasteiger partial charge < -0.3 is 5.32 Å². The van der Waals surface area contributed by atoms with Crippen LogP contribution in [-0.4, -0.2) is 22.7 Å². The number of nitrogens with one attached hydrogen (secondary N) is 1. The molecule has 5 heteroatoms. The second kappa shape index (κ2) is 4.74. The van der Waals surface area contributed by atoms with Crippen molar-refractivity contribution in [1.82, 2.24) is 10.3 Å². The van der Waals surface area contributed by atoms with E-state index in [9.17, 15) is 9.59 Å². The molecule has 0 spiro atoms. The highest BCUT2D eigenvalue weighted by Crippen LogP contribution is 2.25. The van der Waals surface area contributed by atoms with Crippen molar-refractivity contribution in [1.29, 1.82) is 0 Å². The molecule has 1 N–H and O–H groups in total. The van der Waals surface area contributed by atoms with Gasteiger partial charge in [-0.3, -0.25) is 9.59 Å². The summed E-state index contributed by atoms with van der Waals surface area (Å²) in [6, 6.07) is 5.74. The van der Waals surface area contributed by atoms with Crippen LogP contribution in [0.25, 0.3) is 10.2 Å². The zero-order valence-electron chi connectivity index (χ0n) is 10.6. The van der Waals surface area contributed by atoms with Gasteiger partial charge in [0.1, 0.15) is 0 Å². The Balaban J connectivity index is 1.91. The summed E-state index contributed by atoms with van der Waals surface area (Å²) in [4.78, 5) is 27.9. The third-order valence-corrected chi connectivity index (χ3v) is 4.18. The number of nitrogens with zero attached hydrogens (tertiary/aromatic N) is 1. The van der Waals surface area contributed by atoms with Crippen LogP contribution >= 0.6 is 11.3 Å². The average molecular weight is 274 g/mol. The van der Waals surface area contributed by atoms with Crippen LogP contribution < -0.4 is 5.32 Å². The maximum atomic E-state index is 11.9. The van der Waals surface area contributed by atoms with Crippen molar-refractivity contribution in [2.45, 2.75) is 32.2 Å². The Labute approximate surface area is 114 Å². The second-order valence-corrected chi connectivity index (χ2v) is 5.76. The van der Waals surface area contributed by atoms with Crippen LogP contribution in [-0.2, 0) is 0 Å². The topological polar surface area (TPSA) is 59.1 Å². The van der Waals surface area contributed by atoms with E-state index in [0.29, 0.717) is 23.0 Å². The molecule has 0 atom stereocenters. The SMILES string of the molecule is CCC(=O)c1nc2ccc(C(=O)NC3CC3)cc2s1. The number of carbonyl (C=O) groups is 2. The van der Waals surface area contributed by atoms with Gasteiger partial charge in [-0.2, -0.15) is 0 Å². The van der Waals surface area contributed by atoms with Crippen LogP contribution in [0.3, 0.4) is 0 Å². The first-order valence-corrected chi connectivity index (χ1v) is 7.23. The molecular weight excluding hydrogens is 260 g/mol. The molecule has 1 amide bonds. The lowest BCUT2D eigenvalue weighted by Crippen LogP contribution is -2.25. The quantitative estimate of drug-likeness (QED) is 0.872. The molecule has 1 aromatic carbocycles. The first kappa shape index (κ1) is 12.3. The predicted octanol–water partition coefficient (Wildman–Crippen LogP) is 2.78. The number of thiazole rings is 1. The number of Topliss-reactive ketones (excluding diaryl/α,β-unsaturated/α-hetero) is 1. The monoisotopic (exact) mass is 274 g/mol. The fourth-order valence-corrected chi connectivity index (χ4v) is 2.85. The maximum absolute atomic E-state index is 11.9. The van der Waals surface area contributed by atoms with E-state index in [2.05, 4.69) is 10.3 Å². The first-order chi connectivity index (χ1) is 9.17. The largest absolute Gasteiger partial charge is 0.349 e. The standard InChI is InChI=1S/C14H14N2O2S/c1-2-11(17)14-16-10-6-3-8(7-12(10)19-14)13(18)15-9-4-5-9/h3,6-7,9H,2,4-5H2,1H3,(H,15,18). The summed E-state index contributed by atoms with van der Waals surface area (Å²) in [6.45, 7) is 1.82. The molecule has 0 bridgehead atoms. The fourth-order valence-electron chi connectivity index (χ4n) is 1.83. The fraction of sp³-hybridized carbons (Fsp3) is 0.357. The Hall–Kier alpha value is -1.75. The Kier molecular flexibility index (Phi) is 3.06. The number of rotatable bonds is 4. The van der Waals surface area contributed by atoms with Crippen LogP contribution in [0.15, 0.2) is 18.2 Å². The van der Waals surface area contributed by atoms with Gasteiger partial charge in [0.05, 0.1) is 10.2 Å². The van der Waals surface area contributed by atoms with E-state index in [0.717, 1.165) is 23.1 Å². The molecule has 0 saturated heterocycles. The minimum absolute atomic E-state index is 0.0406. The van der Waals surface area contributed by atoms with Crippen molar-refractivity contribution in [3.8, 4) is 0 Å². The van der Waals surface area contributed by atoms with E-state index in [1.807, 2.05) is 13.0 Å². The van der Waals surface area contributed by atoms with Gasteiger partial charge in [0.15, 0.2) is 10.8 Å². The number of aromatic nitrogens is 1. The Bertz CT molecular complexity index is 659. The van der Waals surface area contributed by atoms with E-state index in [1.165, 1.54) is 11.3 Å². The summed E-state index contributed by atoms with van der Waals surface area (Å²) in [5.41, 5.74) is 1.42. The predicted molar refractivity (Wildman–Crippen MR) is 74.7 cm³/mol. The van der Waals surface area contributed by atoms with Crippen molar-refractivity contribution in [3.05, 3.63) is 28.8 Å². The summed E-state index contributed by atoms with van der Waals surface area (Å²) >= 11 is 1.36. The number of benzene rings is 1. The van der Waals surface area contributed by atoms with Crippen LogP contribution in [0.2, 0.25) is 0 Å². The number of amides is 1. The van der Waals surface area contributed by atoms with E-state index in [4.69, 9.17) is 0 Å². The van der Waals surface area contributed by atoms with E-state index in [1.54, 1.807) is 12.1 Å². The lowest BCUT2D eigenvalue weighted by Gasteiger charge is -2.02. The zero-order valence-corrected chi connectivity index (χ0v) is 11.4. The number of fused-ring (bicyclic) bond motifs is 1. The van der Waals surface area contributed by atoms with Crippen molar-refractivity contribution < 1.29 is 9.59 Å². The van der Waals surface area contributed by atoms with Gasteiger partial charge in [0.2, 0.25) is 0 Å². The Morgan fingerprint density at radius 3 is 2.89 bits per heavy atom. The molecule has 3 rings (SSSR count). The maximum Gasteiger partial charge on any atom is 0.251 e. The number of ketones is 1. The number of hydrogen-bond acceptors (Lipinski definition) is 4.